The number of rotatable bonds is 6. The molecule has 2 aromatic heterocycles. The van der Waals surface area contributed by atoms with Crippen LogP contribution in [0.1, 0.15) is 5.56 Å². The highest BCUT2D eigenvalue weighted by Crippen LogP contribution is 2.24. The first-order valence-corrected chi connectivity index (χ1v) is 11.8. The molecule has 160 valence electrons. The molecule has 3 aromatic carbocycles. The number of ether oxygens (including phenoxy) is 2. The maximum Gasteiger partial charge on any atom is 0.274 e. The second kappa shape index (κ2) is 8.94. The zero-order valence-corrected chi connectivity index (χ0v) is 19.8. The summed E-state index contributed by atoms with van der Waals surface area (Å²) in [6, 6.07) is 20.6. The second-order valence-corrected chi connectivity index (χ2v) is 9.33. The molecule has 32 heavy (non-hydrogen) atoms. The summed E-state index contributed by atoms with van der Waals surface area (Å²) in [5.41, 5.74) is 2.23. The van der Waals surface area contributed by atoms with E-state index in [2.05, 4.69) is 20.9 Å². The van der Waals surface area contributed by atoms with Gasteiger partial charge in [-0.1, -0.05) is 51.0 Å². The van der Waals surface area contributed by atoms with Gasteiger partial charge in [0.1, 0.15) is 24.7 Å². The van der Waals surface area contributed by atoms with Crippen LogP contribution in [0.15, 0.2) is 76.0 Å². The molecular weight excluding hydrogens is 512 g/mol. The molecule has 0 spiro atoms. The largest absolute Gasteiger partial charge is 0.490 e. The molecular formula is C24H16BrClN2O3S. The summed E-state index contributed by atoms with van der Waals surface area (Å²) in [6.45, 7) is 0.733. The van der Waals surface area contributed by atoms with Gasteiger partial charge in [-0.3, -0.25) is 4.79 Å². The SMILES string of the molecule is O=c1/c(=C/c2cc(Cl)ccc2OCCOc2ccc(Br)cc2)sc2nc3ccccc3n12. The molecule has 5 rings (SSSR count). The fourth-order valence-corrected chi connectivity index (χ4v) is 4.78. The van der Waals surface area contributed by atoms with E-state index in [1.807, 2.05) is 48.5 Å². The van der Waals surface area contributed by atoms with Crippen LogP contribution < -0.4 is 19.6 Å². The summed E-state index contributed by atoms with van der Waals surface area (Å²) < 4.78 is 14.8. The first-order chi connectivity index (χ1) is 15.6. The van der Waals surface area contributed by atoms with Gasteiger partial charge >= 0.3 is 0 Å². The number of hydrogen-bond donors (Lipinski definition) is 0. The fourth-order valence-electron chi connectivity index (χ4n) is 3.36. The van der Waals surface area contributed by atoms with Gasteiger partial charge in [-0.15, -0.1) is 0 Å². The smallest absolute Gasteiger partial charge is 0.274 e. The fraction of sp³-hybridized carbons (Fsp3) is 0.0833. The zero-order valence-electron chi connectivity index (χ0n) is 16.6. The van der Waals surface area contributed by atoms with E-state index >= 15 is 0 Å². The third-order valence-corrected chi connectivity index (χ3v) is 6.56. The predicted octanol–water partition coefficient (Wildman–Crippen LogP) is 5.33. The minimum Gasteiger partial charge on any atom is -0.490 e. The van der Waals surface area contributed by atoms with Crippen LogP contribution in [0, 0.1) is 0 Å². The highest BCUT2D eigenvalue weighted by molar-refractivity contribution is 9.10. The quantitative estimate of drug-likeness (QED) is 0.280. The summed E-state index contributed by atoms with van der Waals surface area (Å²) >= 11 is 11.0. The molecule has 8 heteroatoms. The van der Waals surface area contributed by atoms with Crippen molar-refractivity contribution in [2.75, 3.05) is 13.2 Å². The van der Waals surface area contributed by atoms with Crippen molar-refractivity contribution in [1.29, 1.82) is 0 Å². The van der Waals surface area contributed by atoms with Gasteiger partial charge < -0.3 is 9.47 Å². The van der Waals surface area contributed by atoms with Crippen LogP contribution in [0.25, 0.3) is 22.1 Å². The van der Waals surface area contributed by atoms with Gasteiger partial charge in [0.15, 0.2) is 4.96 Å². The lowest BCUT2D eigenvalue weighted by atomic mass is 10.2. The molecule has 5 aromatic rings. The van der Waals surface area contributed by atoms with E-state index in [0.717, 1.165) is 26.8 Å². The van der Waals surface area contributed by atoms with Crippen molar-refractivity contribution in [3.63, 3.8) is 0 Å². The highest BCUT2D eigenvalue weighted by Gasteiger charge is 2.11. The highest BCUT2D eigenvalue weighted by atomic mass is 79.9. The summed E-state index contributed by atoms with van der Waals surface area (Å²) in [7, 11) is 0. The van der Waals surface area contributed by atoms with Crippen LogP contribution in [0.5, 0.6) is 11.5 Å². The molecule has 2 heterocycles. The minimum absolute atomic E-state index is 0.108. The van der Waals surface area contributed by atoms with Gasteiger partial charge in [0.05, 0.1) is 15.6 Å². The summed E-state index contributed by atoms with van der Waals surface area (Å²) in [5, 5.41) is 0.564. The summed E-state index contributed by atoms with van der Waals surface area (Å²) in [6.07, 6.45) is 1.80. The van der Waals surface area contributed by atoms with E-state index in [-0.39, 0.29) is 5.56 Å². The normalized spacial score (nSPS) is 12.0. The van der Waals surface area contributed by atoms with Gasteiger partial charge in [0.2, 0.25) is 0 Å². The van der Waals surface area contributed by atoms with Crippen LogP contribution in [-0.2, 0) is 0 Å². The molecule has 0 aliphatic rings. The van der Waals surface area contributed by atoms with Crippen LogP contribution in [0.3, 0.4) is 0 Å². The average Bonchev–Trinajstić information content (AvgIpc) is 3.30. The standard InChI is InChI=1S/C24H16BrClN2O3S/c25-16-5-8-18(9-6-16)30-11-12-31-21-10-7-17(26)13-15(21)14-22-23(29)28-20-4-2-1-3-19(20)27-24(28)32-22/h1-10,13-14H,11-12H2/b22-14-. The Labute approximate surface area is 200 Å². The molecule has 0 saturated carbocycles. The van der Waals surface area contributed by atoms with Gasteiger partial charge in [-0.25, -0.2) is 9.38 Å². The minimum atomic E-state index is -0.108. The molecule has 0 N–H and O–H groups in total. The van der Waals surface area contributed by atoms with Crippen molar-refractivity contribution in [3.05, 3.63) is 96.7 Å². The number of thiazole rings is 1. The molecule has 0 fully saturated rings. The lowest BCUT2D eigenvalue weighted by Gasteiger charge is -2.11. The van der Waals surface area contributed by atoms with Gasteiger partial charge in [-0.2, -0.15) is 0 Å². The van der Waals surface area contributed by atoms with Crippen LogP contribution in [0.4, 0.5) is 0 Å². The Morgan fingerprint density at radius 2 is 1.81 bits per heavy atom. The number of aromatic nitrogens is 2. The molecule has 0 atom stereocenters. The van der Waals surface area contributed by atoms with Gasteiger partial charge in [-0.05, 0) is 60.7 Å². The molecule has 0 aliphatic heterocycles. The van der Waals surface area contributed by atoms with Crippen molar-refractivity contribution >= 4 is 60.9 Å². The number of imidazole rings is 1. The Hall–Kier alpha value is -2.87. The first-order valence-electron chi connectivity index (χ1n) is 9.81. The van der Waals surface area contributed by atoms with Gasteiger partial charge in [0.25, 0.3) is 5.56 Å². The Kier molecular flexibility index (Phi) is 5.87. The van der Waals surface area contributed by atoms with Gasteiger partial charge in [0, 0.05) is 15.1 Å². The number of benzene rings is 3. The Morgan fingerprint density at radius 3 is 2.66 bits per heavy atom. The maximum atomic E-state index is 13.1. The van der Waals surface area contributed by atoms with Crippen LogP contribution in [-0.4, -0.2) is 22.6 Å². The van der Waals surface area contributed by atoms with E-state index < -0.39 is 0 Å². The van der Waals surface area contributed by atoms with E-state index in [1.54, 1.807) is 28.7 Å². The first kappa shape index (κ1) is 21.0. The second-order valence-electron chi connectivity index (χ2n) is 6.97. The average molecular weight is 528 g/mol. The lowest BCUT2D eigenvalue weighted by molar-refractivity contribution is 0.217. The maximum absolute atomic E-state index is 13.1. The third-order valence-electron chi connectivity index (χ3n) is 4.83. The number of para-hydroxylation sites is 2. The Bertz CT molecular complexity index is 1530. The summed E-state index contributed by atoms with van der Waals surface area (Å²) in [5.74, 6) is 1.40. The van der Waals surface area contributed by atoms with Crippen molar-refractivity contribution in [1.82, 2.24) is 9.38 Å². The molecule has 0 amide bonds. The summed E-state index contributed by atoms with van der Waals surface area (Å²) in [4.78, 5) is 18.3. The Balaban J connectivity index is 1.41. The molecule has 0 saturated heterocycles. The molecule has 0 aliphatic carbocycles. The van der Waals surface area contributed by atoms with Crippen LogP contribution in [0.2, 0.25) is 5.02 Å². The molecule has 0 unspecified atom stereocenters. The van der Waals surface area contributed by atoms with Crippen molar-refractivity contribution in [3.8, 4) is 11.5 Å². The van der Waals surface area contributed by atoms with Crippen molar-refractivity contribution in [2.24, 2.45) is 0 Å². The topological polar surface area (TPSA) is 52.8 Å². The van der Waals surface area contributed by atoms with E-state index in [9.17, 15) is 4.79 Å². The predicted molar refractivity (Wildman–Crippen MR) is 132 cm³/mol. The molecule has 5 nitrogen and oxygen atoms in total. The van der Waals surface area contributed by atoms with E-state index in [1.165, 1.54) is 11.3 Å². The van der Waals surface area contributed by atoms with E-state index in [4.69, 9.17) is 21.1 Å². The van der Waals surface area contributed by atoms with Crippen LogP contribution >= 0.6 is 38.9 Å². The number of halogens is 2. The number of fused-ring (bicyclic) bond motifs is 3. The van der Waals surface area contributed by atoms with Crippen molar-refractivity contribution < 1.29 is 9.47 Å². The Morgan fingerprint density at radius 1 is 1.03 bits per heavy atom. The zero-order chi connectivity index (χ0) is 22.1. The monoisotopic (exact) mass is 526 g/mol. The molecule has 0 bridgehead atoms. The number of nitrogens with zero attached hydrogens (tertiary/aromatic N) is 2. The molecule has 0 radical (unpaired) electrons. The van der Waals surface area contributed by atoms with Crippen molar-refractivity contribution in [2.45, 2.75) is 0 Å². The lowest BCUT2D eigenvalue weighted by Crippen LogP contribution is -2.22. The third kappa shape index (κ3) is 4.24. The van der Waals surface area contributed by atoms with E-state index in [0.29, 0.717) is 33.5 Å². The number of hydrogen-bond acceptors (Lipinski definition) is 5.